The van der Waals surface area contributed by atoms with Crippen LogP contribution in [0.25, 0.3) is 9.88 Å². The van der Waals surface area contributed by atoms with Crippen molar-refractivity contribution in [2.75, 3.05) is 0 Å². The highest BCUT2D eigenvalue weighted by atomic mass is 32.1. The summed E-state index contributed by atoms with van der Waals surface area (Å²) in [6.45, 7) is 2.68. The van der Waals surface area contributed by atoms with Crippen LogP contribution in [0.2, 0.25) is 0 Å². The highest BCUT2D eigenvalue weighted by Crippen LogP contribution is 2.30. The number of hydrogen-bond donors (Lipinski definition) is 1. The molecular formula is C9H11N3S2. The maximum absolute atomic E-state index is 5.65. The zero-order valence-electron chi connectivity index (χ0n) is 7.86. The van der Waals surface area contributed by atoms with Crippen LogP contribution in [0.1, 0.15) is 17.5 Å². The summed E-state index contributed by atoms with van der Waals surface area (Å²) >= 11 is 3.29. The van der Waals surface area contributed by atoms with Gasteiger partial charge in [-0.25, -0.2) is 4.98 Å². The summed E-state index contributed by atoms with van der Waals surface area (Å²) in [6.07, 6.45) is 2.80. The monoisotopic (exact) mass is 225 g/mol. The minimum Gasteiger partial charge on any atom is -0.326 e. The fourth-order valence-corrected chi connectivity index (χ4v) is 2.95. The zero-order valence-corrected chi connectivity index (χ0v) is 9.49. The van der Waals surface area contributed by atoms with Gasteiger partial charge in [0.2, 0.25) is 0 Å². The molecule has 2 heterocycles. The molecule has 3 nitrogen and oxygen atoms in total. The van der Waals surface area contributed by atoms with E-state index in [1.807, 2.05) is 11.7 Å². The second kappa shape index (κ2) is 4.16. The summed E-state index contributed by atoms with van der Waals surface area (Å²) in [5, 5.41) is 1.05. The van der Waals surface area contributed by atoms with Gasteiger partial charge in [0, 0.05) is 17.6 Å². The van der Waals surface area contributed by atoms with Crippen LogP contribution in [0, 0.1) is 0 Å². The van der Waals surface area contributed by atoms with E-state index in [2.05, 4.69) is 16.9 Å². The Kier molecular flexibility index (Phi) is 2.90. The smallest absolute Gasteiger partial charge is 0.135 e. The molecule has 0 unspecified atom stereocenters. The number of hydrogen-bond acceptors (Lipinski definition) is 5. The molecule has 0 atom stereocenters. The lowest BCUT2D eigenvalue weighted by Gasteiger charge is -1.91. The molecule has 0 bridgehead atoms. The van der Waals surface area contributed by atoms with Gasteiger partial charge in [-0.3, -0.25) is 4.98 Å². The maximum Gasteiger partial charge on any atom is 0.135 e. The molecule has 0 amide bonds. The van der Waals surface area contributed by atoms with Gasteiger partial charge in [0.25, 0.3) is 0 Å². The molecule has 0 aliphatic rings. The summed E-state index contributed by atoms with van der Waals surface area (Å²) in [7, 11) is 0. The van der Waals surface area contributed by atoms with Crippen molar-refractivity contribution in [3.8, 4) is 9.88 Å². The van der Waals surface area contributed by atoms with E-state index < -0.39 is 0 Å². The molecule has 0 aliphatic carbocycles. The van der Waals surface area contributed by atoms with Crippen molar-refractivity contribution in [3.05, 3.63) is 22.3 Å². The van der Waals surface area contributed by atoms with Crippen molar-refractivity contribution in [2.24, 2.45) is 5.73 Å². The fourth-order valence-electron chi connectivity index (χ4n) is 1.25. The Morgan fingerprint density at radius 3 is 2.86 bits per heavy atom. The lowest BCUT2D eigenvalue weighted by atomic mass is 10.3. The van der Waals surface area contributed by atoms with E-state index in [0.29, 0.717) is 6.54 Å². The molecule has 0 radical (unpaired) electrons. The summed E-state index contributed by atoms with van der Waals surface area (Å²) < 4.78 is 0. The minimum absolute atomic E-state index is 0.583. The van der Waals surface area contributed by atoms with Gasteiger partial charge in [-0.05, 0) is 6.42 Å². The SMILES string of the molecule is CCc1nc(-c2cncs2)sc1CN. The van der Waals surface area contributed by atoms with Crippen LogP contribution in [-0.2, 0) is 13.0 Å². The second-order valence-corrected chi connectivity index (χ2v) is 4.78. The third-order valence-electron chi connectivity index (χ3n) is 1.94. The van der Waals surface area contributed by atoms with Crippen LogP contribution in [0.5, 0.6) is 0 Å². The molecule has 0 saturated heterocycles. The third kappa shape index (κ3) is 1.70. The molecule has 0 spiro atoms. The van der Waals surface area contributed by atoms with E-state index in [4.69, 9.17) is 5.73 Å². The van der Waals surface area contributed by atoms with E-state index in [9.17, 15) is 0 Å². The van der Waals surface area contributed by atoms with Gasteiger partial charge >= 0.3 is 0 Å². The molecule has 5 heteroatoms. The first-order valence-corrected chi connectivity index (χ1v) is 6.12. The predicted molar refractivity (Wildman–Crippen MR) is 60.5 cm³/mol. The molecular weight excluding hydrogens is 214 g/mol. The Balaban J connectivity index is 2.41. The summed E-state index contributed by atoms with van der Waals surface area (Å²) in [6, 6.07) is 0. The average molecular weight is 225 g/mol. The molecule has 0 saturated carbocycles. The summed E-state index contributed by atoms with van der Waals surface area (Å²) in [5.41, 5.74) is 8.60. The normalized spacial score (nSPS) is 10.7. The fraction of sp³-hybridized carbons (Fsp3) is 0.333. The standard InChI is InChI=1S/C9H11N3S2/c1-2-6-7(3-10)14-9(12-6)8-4-11-5-13-8/h4-5H,2-3,10H2,1H3. The Morgan fingerprint density at radius 1 is 1.50 bits per heavy atom. The van der Waals surface area contributed by atoms with Gasteiger partial charge in [0.15, 0.2) is 0 Å². The molecule has 0 fully saturated rings. The minimum atomic E-state index is 0.583. The summed E-state index contributed by atoms with van der Waals surface area (Å²) in [5.74, 6) is 0. The Hall–Kier alpha value is -0.780. The molecule has 2 aromatic heterocycles. The first-order chi connectivity index (χ1) is 6.85. The molecule has 2 rings (SSSR count). The van der Waals surface area contributed by atoms with Crippen LogP contribution in [0.3, 0.4) is 0 Å². The highest BCUT2D eigenvalue weighted by Gasteiger charge is 2.10. The average Bonchev–Trinajstić information content (AvgIpc) is 2.85. The molecule has 74 valence electrons. The van der Waals surface area contributed by atoms with Crippen molar-refractivity contribution in [3.63, 3.8) is 0 Å². The Bertz CT molecular complexity index is 384. The Morgan fingerprint density at radius 2 is 2.36 bits per heavy atom. The van der Waals surface area contributed by atoms with Crippen molar-refractivity contribution >= 4 is 22.7 Å². The van der Waals surface area contributed by atoms with Crippen LogP contribution in [-0.4, -0.2) is 9.97 Å². The highest BCUT2D eigenvalue weighted by molar-refractivity contribution is 7.20. The van der Waals surface area contributed by atoms with E-state index in [1.165, 1.54) is 4.88 Å². The molecule has 2 aromatic rings. The third-order valence-corrected chi connectivity index (χ3v) is 4.00. The first kappa shape index (κ1) is 9.76. The van der Waals surface area contributed by atoms with Gasteiger partial charge in [0.1, 0.15) is 5.01 Å². The van der Waals surface area contributed by atoms with Crippen LogP contribution in [0.15, 0.2) is 11.7 Å². The van der Waals surface area contributed by atoms with Gasteiger partial charge in [-0.15, -0.1) is 22.7 Å². The molecule has 0 aliphatic heterocycles. The van der Waals surface area contributed by atoms with Gasteiger partial charge in [0.05, 0.1) is 16.1 Å². The van der Waals surface area contributed by atoms with Gasteiger partial charge in [-0.2, -0.15) is 0 Å². The molecule has 2 N–H and O–H groups in total. The van der Waals surface area contributed by atoms with E-state index >= 15 is 0 Å². The van der Waals surface area contributed by atoms with E-state index in [1.54, 1.807) is 22.7 Å². The lowest BCUT2D eigenvalue weighted by molar-refractivity contribution is 0.990. The van der Waals surface area contributed by atoms with Crippen LogP contribution >= 0.6 is 22.7 Å². The number of nitrogens with two attached hydrogens (primary N) is 1. The zero-order chi connectivity index (χ0) is 9.97. The quantitative estimate of drug-likeness (QED) is 0.872. The van der Waals surface area contributed by atoms with Crippen molar-refractivity contribution in [1.29, 1.82) is 0 Å². The molecule has 0 aromatic carbocycles. The first-order valence-electron chi connectivity index (χ1n) is 4.42. The topological polar surface area (TPSA) is 51.8 Å². The van der Waals surface area contributed by atoms with E-state index in [0.717, 1.165) is 22.0 Å². The number of aromatic nitrogens is 2. The van der Waals surface area contributed by atoms with Crippen LogP contribution in [0.4, 0.5) is 0 Å². The number of nitrogens with zero attached hydrogens (tertiary/aromatic N) is 2. The number of rotatable bonds is 3. The van der Waals surface area contributed by atoms with E-state index in [-0.39, 0.29) is 0 Å². The van der Waals surface area contributed by atoms with Crippen molar-refractivity contribution < 1.29 is 0 Å². The maximum atomic E-state index is 5.65. The van der Waals surface area contributed by atoms with Crippen molar-refractivity contribution in [2.45, 2.75) is 19.9 Å². The molecule has 14 heavy (non-hydrogen) atoms. The largest absolute Gasteiger partial charge is 0.326 e. The second-order valence-electron chi connectivity index (χ2n) is 2.81. The van der Waals surface area contributed by atoms with Crippen molar-refractivity contribution in [1.82, 2.24) is 9.97 Å². The van der Waals surface area contributed by atoms with Gasteiger partial charge in [-0.1, -0.05) is 6.92 Å². The van der Waals surface area contributed by atoms with Gasteiger partial charge < -0.3 is 5.73 Å². The lowest BCUT2D eigenvalue weighted by Crippen LogP contribution is -1.96. The van der Waals surface area contributed by atoms with Crippen LogP contribution < -0.4 is 5.73 Å². The summed E-state index contributed by atoms with van der Waals surface area (Å²) in [4.78, 5) is 10.9. The predicted octanol–water partition coefficient (Wildman–Crippen LogP) is 2.29. The number of aryl methyl sites for hydroxylation is 1. The Labute approximate surface area is 90.6 Å². The number of thiazole rings is 2.